The molecule has 8 heteroatoms. The van der Waals surface area contributed by atoms with E-state index >= 15 is 0 Å². The minimum atomic E-state index is -0.903. The molecule has 1 aromatic carbocycles. The molecule has 0 aliphatic carbocycles. The number of primary amides is 1. The number of fused-ring (bicyclic) bond motifs is 1. The van der Waals surface area contributed by atoms with Gasteiger partial charge in [-0.15, -0.1) is 0 Å². The maximum atomic E-state index is 14.6. The highest BCUT2D eigenvalue weighted by molar-refractivity contribution is 7.21. The molecule has 22 heavy (non-hydrogen) atoms. The summed E-state index contributed by atoms with van der Waals surface area (Å²) in [4.78, 5) is 10.9. The van der Waals surface area contributed by atoms with Gasteiger partial charge in [-0.3, -0.25) is 0 Å². The Hall–Kier alpha value is -1.64. The zero-order valence-corrected chi connectivity index (χ0v) is 13.3. The van der Waals surface area contributed by atoms with Crippen molar-refractivity contribution in [2.24, 2.45) is 5.73 Å². The van der Waals surface area contributed by atoms with E-state index in [9.17, 15) is 9.18 Å². The third kappa shape index (κ3) is 2.69. The number of hydrogen-bond acceptors (Lipinski definition) is 5. The maximum absolute atomic E-state index is 14.6. The first-order valence-electron chi connectivity index (χ1n) is 6.76. The van der Waals surface area contributed by atoms with Gasteiger partial charge < -0.3 is 19.8 Å². The standard InChI is InChI=1S/C14H15BFNO4S/c1-7-4-9-8(5-10(22-9)20-13(17)18)11(12(7)16)15-19-6-14(2,3)21-15/h4-5H,6H2,1-3H3,(H2,17,18). The van der Waals surface area contributed by atoms with Crippen LogP contribution in [0.5, 0.6) is 5.06 Å². The third-order valence-corrected chi connectivity index (χ3v) is 4.36. The van der Waals surface area contributed by atoms with Crippen molar-refractivity contribution >= 4 is 40.1 Å². The van der Waals surface area contributed by atoms with Crippen LogP contribution in [0, 0.1) is 12.7 Å². The number of aryl methyl sites for hydroxylation is 1. The van der Waals surface area contributed by atoms with Crippen LogP contribution < -0.4 is 15.9 Å². The van der Waals surface area contributed by atoms with Crippen LogP contribution in [0.1, 0.15) is 19.4 Å². The monoisotopic (exact) mass is 323 g/mol. The summed E-state index contributed by atoms with van der Waals surface area (Å²) < 4.78 is 31.7. The van der Waals surface area contributed by atoms with Crippen LogP contribution in [0.4, 0.5) is 9.18 Å². The molecule has 0 radical (unpaired) electrons. The van der Waals surface area contributed by atoms with Crippen molar-refractivity contribution < 1.29 is 23.2 Å². The highest BCUT2D eigenvalue weighted by Gasteiger charge is 2.41. The number of hydrogen-bond donors (Lipinski definition) is 1. The summed E-state index contributed by atoms with van der Waals surface area (Å²) in [6.45, 7) is 5.81. The first-order chi connectivity index (χ1) is 10.3. The van der Waals surface area contributed by atoms with Crippen molar-refractivity contribution in [2.45, 2.75) is 26.4 Å². The van der Waals surface area contributed by atoms with Crippen LogP contribution in [0.15, 0.2) is 12.1 Å². The summed E-state index contributed by atoms with van der Waals surface area (Å²) in [6.07, 6.45) is -0.903. The Morgan fingerprint density at radius 1 is 1.50 bits per heavy atom. The van der Waals surface area contributed by atoms with Crippen molar-refractivity contribution in [2.75, 3.05) is 6.61 Å². The predicted octanol–water partition coefficient (Wildman–Crippen LogP) is 2.33. The van der Waals surface area contributed by atoms with Gasteiger partial charge in [-0.05, 0) is 37.8 Å². The molecule has 1 fully saturated rings. The summed E-state index contributed by atoms with van der Waals surface area (Å²) in [6, 6.07) is 3.29. The van der Waals surface area contributed by atoms with E-state index in [2.05, 4.69) is 0 Å². The average Bonchev–Trinajstić information content (AvgIpc) is 2.93. The summed E-state index contributed by atoms with van der Waals surface area (Å²) in [7, 11) is -0.784. The Morgan fingerprint density at radius 3 is 2.82 bits per heavy atom. The fraction of sp³-hybridized carbons (Fsp3) is 0.357. The number of carbonyl (C=O) groups is 1. The molecule has 1 aliphatic heterocycles. The minimum Gasteiger partial charge on any atom is -0.404 e. The zero-order valence-electron chi connectivity index (χ0n) is 12.4. The molecule has 0 bridgehead atoms. The van der Waals surface area contributed by atoms with Crippen LogP contribution >= 0.6 is 11.3 Å². The van der Waals surface area contributed by atoms with Crippen molar-refractivity contribution in [3.63, 3.8) is 0 Å². The van der Waals surface area contributed by atoms with E-state index in [1.54, 1.807) is 19.1 Å². The van der Waals surface area contributed by atoms with Gasteiger partial charge >= 0.3 is 13.2 Å². The van der Waals surface area contributed by atoms with E-state index in [0.717, 1.165) is 4.70 Å². The van der Waals surface area contributed by atoms with Crippen LogP contribution in [-0.4, -0.2) is 25.4 Å². The first-order valence-corrected chi connectivity index (χ1v) is 7.58. The van der Waals surface area contributed by atoms with E-state index in [1.165, 1.54) is 11.3 Å². The molecule has 0 atom stereocenters. The molecule has 1 aromatic heterocycles. The topological polar surface area (TPSA) is 70.8 Å². The zero-order chi connectivity index (χ0) is 16.1. The number of benzene rings is 1. The number of nitrogens with two attached hydrogens (primary N) is 1. The molecule has 3 rings (SSSR count). The van der Waals surface area contributed by atoms with Crippen LogP contribution in [0.25, 0.3) is 10.1 Å². The first kappa shape index (κ1) is 15.3. The molecule has 116 valence electrons. The lowest BCUT2D eigenvalue weighted by molar-refractivity contribution is 0.137. The van der Waals surface area contributed by atoms with Crippen LogP contribution in [-0.2, 0) is 9.31 Å². The molecule has 2 aromatic rings. The van der Waals surface area contributed by atoms with Crippen molar-refractivity contribution in [3.05, 3.63) is 23.5 Å². The number of thiophene rings is 1. The number of halogens is 1. The van der Waals surface area contributed by atoms with Gasteiger partial charge in [0.2, 0.25) is 0 Å². The molecule has 0 spiro atoms. The quantitative estimate of drug-likeness (QED) is 0.861. The number of amides is 1. The lowest BCUT2D eigenvalue weighted by atomic mass is 9.76. The van der Waals surface area contributed by atoms with E-state index < -0.39 is 18.8 Å². The second-order valence-corrected chi connectivity index (χ2v) is 6.89. The molecule has 1 amide bonds. The molecule has 0 unspecified atom stereocenters. The normalized spacial score (nSPS) is 17.2. The average molecular weight is 323 g/mol. The highest BCUT2D eigenvalue weighted by Crippen LogP contribution is 2.34. The molecular formula is C14H15BFNO4S. The molecular weight excluding hydrogens is 308 g/mol. The third-order valence-electron chi connectivity index (χ3n) is 3.40. The molecule has 2 heterocycles. The van der Waals surface area contributed by atoms with Crippen LogP contribution in [0.3, 0.4) is 0 Å². The fourth-order valence-electron chi connectivity index (χ4n) is 2.45. The van der Waals surface area contributed by atoms with Gasteiger partial charge in [0.1, 0.15) is 5.82 Å². The second kappa shape index (κ2) is 5.22. The number of ether oxygens (including phenoxy) is 1. The van der Waals surface area contributed by atoms with Gasteiger partial charge in [0.15, 0.2) is 5.06 Å². The summed E-state index contributed by atoms with van der Waals surface area (Å²) >= 11 is 1.22. The van der Waals surface area contributed by atoms with E-state index in [1.807, 2.05) is 13.8 Å². The van der Waals surface area contributed by atoms with Gasteiger partial charge in [0.05, 0.1) is 12.2 Å². The maximum Gasteiger partial charge on any atom is 0.498 e. The Balaban J connectivity index is 2.12. The summed E-state index contributed by atoms with van der Waals surface area (Å²) in [5.74, 6) is -0.376. The molecule has 0 saturated carbocycles. The lowest BCUT2D eigenvalue weighted by Gasteiger charge is -2.16. The molecule has 5 nitrogen and oxygen atoms in total. The van der Waals surface area contributed by atoms with Crippen LogP contribution in [0.2, 0.25) is 0 Å². The molecule has 2 N–H and O–H groups in total. The summed E-state index contributed by atoms with van der Waals surface area (Å²) in [5.41, 5.74) is 5.36. The predicted molar refractivity (Wildman–Crippen MR) is 83.2 cm³/mol. The van der Waals surface area contributed by atoms with Crippen molar-refractivity contribution in [3.8, 4) is 5.06 Å². The van der Waals surface area contributed by atoms with Crippen molar-refractivity contribution in [1.29, 1.82) is 0 Å². The van der Waals surface area contributed by atoms with Gasteiger partial charge in [-0.25, -0.2) is 9.18 Å². The smallest absolute Gasteiger partial charge is 0.404 e. The molecule has 1 saturated heterocycles. The van der Waals surface area contributed by atoms with Gasteiger partial charge in [-0.1, -0.05) is 11.3 Å². The fourth-order valence-corrected chi connectivity index (χ4v) is 3.48. The minimum absolute atomic E-state index is 0.311. The van der Waals surface area contributed by atoms with Gasteiger partial charge in [0.25, 0.3) is 0 Å². The number of rotatable bonds is 2. The molecule has 1 aliphatic rings. The van der Waals surface area contributed by atoms with Crippen molar-refractivity contribution in [1.82, 2.24) is 0 Å². The highest BCUT2D eigenvalue weighted by atomic mass is 32.1. The van der Waals surface area contributed by atoms with Gasteiger partial charge in [-0.2, -0.15) is 0 Å². The Bertz CT molecular complexity index is 761. The summed E-state index contributed by atoms with van der Waals surface area (Å²) in [5, 5.41) is 0.915. The Kier molecular flexibility index (Phi) is 3.62. The number of carbonyl (C=O) groups excluding carboxylic acids is 1. The Labute approximate surface area is 131 Å². The largest absolute Gasteiger partial charge is 0.498 e. The Morgan fingerprint density at radius 2 is 2.23 bits per heavy atom. The van der Waals surface area contributed by atoms with E-state index in [4.69, 9.17) is 19.8 Å². The second-order valence-electron chi connectivity index (χ2n) is 5.84. The van der Waals surface area contributed by atoms with Gasteiger partial charge in [0, 0.05) is 16.2 Å². The van der Waals surface area contributed by atoms with E-state index in [-0.39, 0.29) is 5.82 Å². The lowest BCUT2D eigenvalue weighted by Crippen LogP contribution is -2.37. The van der Waals surface area contributed by atoms with E-state index in [0.29, 0.717) is 28.1 Å². The SMILES string of the molecule is Cc1cc2sc(OC(N)=O)cc2c(B2OCC(C)(C)O2)c1F.